The van der Waals surface area contributed by atoms with Gasteiger partial charge in [-0.25, -0.2) is 4.98 Å². The van der Waals surface area contributed by atoms with Crippen LogP contribution in [-0.4, -0.2) is 16.8 Å². The quantitative estimate of drug-likeness (QED) is 0.710. The summed E-state index contributed by atoms with van der Waals surface area (Å²) >= 11 is 4.63. The van der Waals surface area contributed by atoms with E-state index >= 15 is 0 Å². The van der Waals surface area contributed by atoms with Gasteiger partial charge in [0.2, 0.25) is 5.91 Å². The maximum atomic E-state index is 12.4. The third-order valence-corrected chi connectivity index (χ3v) is 4.53. The Kier molecular flexibility index (Phi) is 4.18. The van der Waals surface area contributed by atoms with Crippen LogP contribution in [0, 0.1) is 6.92 Å². The zero-order valence-electron chi connectivity index (χ0n) is 12.1. The fourth-order valence-corrected chi connectivity index (χ4v) is 3.25. The van der Waals surface area contributed by atoms with Crippen molar-refractivity contribution < 1.29 is 14.0 Å². The second kappa shape index (κ2) is 6.13. The Labute approximate surface area is 143 Å². The molecular formula is C15H12BrN3O3S. The summed E-state index contributed by atoms with van der Waals surface area (Å²) in [5.74, 6) is -0.605. The van der Waals surface area contributed by atoms with Crippen LogP contribution in [0.2, 0.25) is 0 Å². The number of primary amides is 1. The Morgan fingerprint density at radius 3 is 2.96 bits per heavy atom. The van der Waals surface area contributed by atoms with E-state index in [9.17, 15) is 9.59 Å². The van der Waals surface area contributed by atoms with Gasteiger partial charge in [0.1, 0.15) is 5.58 Å². The molecule has 0 radical (unpaired) electrons. The fourth-order valence-electron chi connectivity index (χ4n) is 2.19. The van der Waals surface area contributed by atoms with E-state index in [2.05, 4.69) is 26.2 Å². The summed E-state index contributed by atoms with van der Waals surface area (Å²) in [6, 6.07) is 5.56. The molecule has 2 heterocycles. The number of hydrogen-bond acceptors (Lipinski definition) is 5. The zero-order chi connectivity index (χ0) is 16.6. The first-order chi connectivity index (χ1) is 10.9. The van der Waals surface area contributed by atoms with Crippen LogP contribution in [0.5, 0.6) is 0 Å². The average molecular weight is 394 g/mol. The summed E-state index contributed by atoms with van der Waals surface area (Å²) in [6.45, 7) is 1.83. The van der Waals surface area contributed by atoms with E-state index in [-0.39, 0.29) is 18.1 Å². The highest BCUT2D eigenvalue weighted by molar-refractivity contribution is 9.10. The second-order valence-electron chi connectivity index (χ2n) is 4.94. The Hall–Kier alpha value is -2.19. The van der Waals surface area contributed by atoms with Gasteiger partial charge in [-0.2, -0.15) is 0 Å². The van der Waals surface area contributed by atoms with Crippen molar-refractivity contribution in [3.05, 3.63) is 45.1 Å². The molecule has 0 aliphatic rings. The summed E-state index contributed by atoms with van der Waals surface area (Å²) < 4.78 is 6.54. The number of nitrogens with one attached hydrogen (secondary N) is 1. The standard InChI is InChI=1S/C15H12BrN3O3S/c1-7-10-4-8(16)2-3-11(10)22-13(7)14(21)19-15-18-9(6-23-15)5-12(17)20/h2-4,6H,5H2,1H3,(H2,17,20)(H,18,19,21). The summed E-state index contributed by atoms with van der Waals surface area (Å²) in [6.07, 6.45) is 0.0457. The number of amides is 2. The van der Waals surface area contributed by atoms with E-state index < -0.39 is 5.91 Å². The molecular weight excluding hydrogens is 382 g/mol. The molecule has 0 fully saturated rings. The van der Waals surface area contributed by atoms with Gasteiger partial charge in [-0.3, -0.25) is 14.9 Å². The minimum Gasteiger partial charge on any atom is -0.451 e. The van der Waals surface area contributed by atoms with Crippen LogP contribution in [0.15, 0.2) is 32.5 Å². The minimum absolute atomic E-state index is 0.0457. The number of benzene rings is 1. The molecule has 0 unspecified atom stereocenters. The smallest absolute Gasteiger partial charge is 0.293 e. The molecule has 2 amide bonds. The monoisotopic (exact) mass is 393 g/mol. The minimum atomic E-state index is -0.466. The number of carbonyl (C=O) groups is 2. The van der Waals surface area contributed by atoms with E-state index in [1.54, 1.807) is 11.4 Å². The van der Waals surface area contributed by atoms with E-state index in [0.29, 0.717) is 16.4 Å². The van der Waals surface area contributed by atoms with Crippen LogP contribution >= 0.6 is 27.3 Å². The largest absolute Gasteiger partial charge is 0.451 e. The topological polar surface area (TPSA) is 98.2 Å². The van der Waals surface area contributed by atoms with Crippen molar-refractivity contribution in [3.63, 3.8) is 0 Å². The predicted molar refractivity (Wildman–Crippen MR) is 91.6 cm³/mol. The molecule has 3 aromatic rings. The predicted octanol–water partition coefficient (Wildman–Crippen LogP) is 3.24. The Morgan fingerprint density at radius 1 is 1.43 bits per heavy atom. The van der Waals surface area contributed by atoms with Gasteiger partial charge in [-0.05, 0) is 25.1 Å². The number of halogens is 1. The van der Waals surface area contributed by atoms with Crippen molar-refractivity contribution in [1.29, 1.82) is 0 Å². The molecule has 23 heavy (non-hydrogen) atoms. The summed E-state index contributed by atoms with van der Waals surface area (Å²) in [7, 11) is 0. The van der Waals surface area contributed by atoms with Crippen LogP contribution < -0.4 is 11.1 Å². The van der Waals surface area contributed by atoms with Crippen molar-refractivity contribution in [2.45, 2.75) is 13.3 Å². The number of thiazole rings is 1. The SMILES string of the molecule is Cc1c(C(=O)Nc2nc(CC(N)=O)cs2)oc2ccc(Br)cc12. The first kappa shape index (κ1) is 15.7. The number of aromatic nitrogens is 1. The molecule has 0 saturated carbocycles. The second-order valence-corrected chi connectivity index (χ2v) is 6.71. The van der Waals surface area contributed by atoms with Crippen LogP contribution in [-0.2, 0) is 11.2 Å². The number of anilines is 1. The number of fused-ring (bicyclic) bond motifs is 1. The molecule has 2 aromatic heterocycles. The number of aryl methyl sites for hydroxylation is 1. The lowest BCUT2D eigenvalue weighted by Gasteiger charge is -1.99. The molecule has 0 saturated heterocycles. The molecule has 0 bridgehead atoms. The molecule has 3 N–H and O–H groups in total. The number of furan rings is 1. The van der Waals surface area contributed by atoms with E-state index in [4.69, 9.17) is 10.2 Å². The van der Waals surface area contributed by atoms with E-state index in [1.165, 1.54) is 11.3 Å². The molecule has 8 heteroatoms. The molecule has 3 rings (SSSR count). The number of rotatable bonds is 4. The highest BCUT2D eigenvalue weighted by Gasteiger charge is 2.19. The lowest BCUT2D eigenvalue weighted by molar-refractivity contribution is -0.117. The van der Waals surface area contributed by atoms with Gasteiger partial charge >= 0.3 is 0 Å². The highest BCUT2D eigenvalue weighted by atomic mass is 79.9. The van der Waals surface area contributed by atoms with Gasteiger partial charge in [0.25, 0.3) is 5.91 Å². The van der Waals surface area contributed by atoms with E-state index in [1.807, 2.05) is 19.1 Å². The normalized spacial score (nSPS) is 10.9. The molecule has 118 valence electrons. The Bertz CT molecular complexity index is 916. The van der Waals surface area contributed by atoms with Gasteiger partial charge in [0.05, 0.1) is 12.1 Å². The van der Waals surface area contributed by atoms with Crippen molar-refractivity contribution in [2.75, 3.05) is 5.32 Å². The van der Waals surface area contributed by atoms with Crippen molar-refractivity contribution in [3.8, 4) is 0 Å². The van der Waals surface area contributed by atoms with Gasteiger partial charge in [-0.1, -0.05) is 15.9 Å². The van der Waals surface area contributed by atoms with Crippen LogP contribution in [0.4, 0.5) is 5.13 Å². The molecule has 0 atom stereocenters. The molecule has 6 nitrogen and oxygen atoms in total. The Morgan fingerprint density at radius 2 is 2.22 bits per heavy atom. The number of nitrogens with two attached hydrogens (primary N) is 1. The van der Waals surface area contributed by atoms with E-state index in [0.717, 1.165) is 15.4 Å². The van der Waals surface area contributed by atoms with Crippen LogP contribution in [0.3, 0.4) is 0 Å². The Balaban J connectivity index is 1.84. The molecule has 1 aromatic carbocycles. The lowest BCUT2D eigenvalue weighted by atomic mass is 10.1. The first-order valence-corrected chi connectivity index (χ1v) is 8.34. The van der Waals surface area contributed by atoms with Gasteiger partial charge < -0.3 is 10.2 Å². The number of nitrogens with zero attached hydrogens (tertiary/aromatic N) is 1. The van der Waals surface area contributed by atoms with Crippen molar-refractivity contribution in [1.82, 2.24) is 4.98 Å². The maximum Gasteiger partial charge on any atom is 0.293 e. The first-order valence-electron chi connectivity index (χ1n) is 6.67. The summed E-state index contributed by atoms with van der Waals surface area (Å²) in [4.78, 5) is 27.4. The third-order valence-electron chi connectivity index (χ3n) is 3.23. The molecule has 0 aliphatic carbocycles. The average Bonchev–Trinajstić information content (AvgIpc) is 3.03. The maximum absolute atomic E-state index is 12.4. The third kappa shape index (κ3) is 3.27. The zero-order valence-corrected chi connectivity index (χ0v) is 14.5. The van der Waals surface area contributed by atoms with Gasteiger partial charge in [-0.15, -0.1) is 11.3 Å². The summed E-state index contributed by atoms with van der Waals surface area (Å²) in [5, 5.41) is 5.63. The molecule has 0 spiro atoms. The van der Waals surface area contributed by atoms with Gasteiger partial charge in [0, 0.05) is 20.8 Å². The number of hydrogen-bond donors (Lipinski definition) is 2. The molecule has 0 aliphatic heterocycles. The van der Waals surface area contributed by atoms with Crippen molar-refractivity contribution in [2.24, 2.45) is 5.73 Å². The van der Waals surface area contributed by atoms with Crippen LogP contribution in [0.25, 0.3) is 11.0 Å². The highest BCUT2D eigenvalue weighted by Crippen LogP contribution is 2.28. The van der Waals surface area contributed by atoms with Crippen molar-refractivity contribution >= 4 is 55.2 Å². The van der Waals surface area contributed by atoms with Crippen LogP contribution in [0.1, 0.15) is 21.8 Å². The lowest BCUT2D eigenvalue weighted by Crippen LogP contribution is -2.14. The van der Waals surface area contributed by atoms with Gasteiger partial charge in [0.15, 0.2) is 10.9 Å². The summed E-state index contributed by atoms with van der Waals surface area (Å²) in [5.41, 5.74) is 7.05. The fraction of sp³-hybridized carbons (Fsp3) is 0.133. The number of carbonyl (C=O) groups excluding carboxylic acids is 2.